The molecule has 84 valence electrons. The normalized spacial score (nSPS) is 11.7. The van der Waals surface area contributed by atoms with Crippen molar-refractivity contribution in [2.45, 2.75) is 60.5 Å². The second kappa shape index (κ2) is 6.25. The number of hydrogen-bond donors (Lipinski definition) is 0. The first-order valence-corrected chi connectivity index (χ1v) is 5.17. The Morgan fingerprint density at radius 1 is 1.20 bits per heavy atom. The third-order valence-electron chi connectivity index (χ3n) is 3.03. The first-order valence-electron chi connectivity index (χ1n) is 5.17. The van der Waals surface area contributed by atoms with E-state index in [1.807, 2.05) is 27.7 Å². The van der Waals surface area contributed by atoms with Gasteiger partial charge in [-0.3, -0.25) is 10.7 Å². The van der Waals surface area contributed by atoms with Gasteiger partial charge in [-0.2, -0.15) is 13.3 Å². The minimum absolute atomic E-state index is 0. The summed E-state index contributed by atoms with van der Waals surface area (Å²) in [6.45, 7) is 13.9. The second-order valence-electron chi connectivity index (χ2n) is 5.28. The van der Waals surface area contributed by atoms with Crippen LogP contribution in [0.5, 0.6) is 0 Å². The molecule has 0 aromatic rings. The van der Waals surface area contributed by atoms with Gasteiger partial charge in [-0.25, -0.2) is 0 Å². The molecule has 2 nitrogen and oxygen atoms in total. The van der Waals surface area contributed by atoms with Gasteiger partial charge in [-0.15, -0.1) is 0 Å². The van der Waals surface area contributed by atoms with Crippen LogP contribution in [0.1, 0.15) is 54.9 Å². The third-order valence-corrected chi connectivity index (χ3v) is 3.03. The predicted octanol–water partition coefficient (Wildman–Crippen LogP) is 3.36. The molecule has 0 rings (SSSR count). The second-order valence-corrected chi connectivity index (χ2v) is 5.28. The summed E-state index contributed by atoms with van der Waals surface area (Å²) in [7, 11) is 0. The van der Waals surface area contributed by atoms with Crippen LogP contribution in [0.3, 0.4) is 0 Å². The molecular weight excluding hydrogens is 265 g/mol. The summed E-state index contributed by atoms with van der Waals surface area (Å²) in [5.41, 5.74) is -0.475. The van der Waals surface area contributed by atoms with E-state index in [1.165, 1.54) is 0 Å². The summed E-state index contributed by atoms with van der Waals surface area (Å²) in [4.78, 5) is 11.6. The van der Waals surface area contributed by atoms with Crippen LogP contribution in [0.15, 0.2) is 0 Å². The molecule has 0 heterocycles. The maximum Gasteiger partial charge on any atom is 3.00 e. The van der Waals surface area contributed by atoms with Gasteiger partial charge in [-0.1, -0.05) is 27.7 Å². The Labute approximate surface area is 119 Å². The molecule has 0 fully saturated rings. The molecule has 0 aromatic carbocycles. The Morgan fingerprint density at radius 2 is 1.60 bits per heavy atom. The van der Waals surface area contributed by atoms with Crippen LogP contribution in [0.25, 0.3) is 0 Å². The van der Waals surface area contributed by atoms with Crippen LogP contribution in [-0.4, -0.2) is 11.6 Å². The molecule has 0 radical (unpaired) electrons. The molecule has 0 N–H and O–H groups in total. The van der Waals surface area contributed by atoms with Crippen molar-refractivity contribution in [3.8, 4) is 0 Å². The number of rotatable bonds is 3. The van der Waals surface area contributed by atoms with E-state index < -0.39 is 5.60 Å². The van der Waals surface area contributed by atoms with E-state index in [9.17, 15) is 4.79 Å². The fourth-order valence-corrected chi connectivity index (χ4v) is 0.616. The summed E-state index contributed by atoms with van der Waals surface area (Å²) >= 11 is 0. The summed E-state index contributed by atoms with van der Waals surface area (Å²) in [6.07, 6.45) is 0.749. The number of carbonyl (C=O) groups is 1. The number of ether oxygens (including phenoxy) is 1. The van der Waals surface area contributed by atoms with E-state index >= 15 is 0 Å². The SMILES string of the molecule is CC[C-](C)C(=O)OC(C)(C)C(C)(C)C.[Y+3]. The topological polar surface area (TPSA) is 26.3 Å². The van der Waals surface area contributed by atoms with Crippen molar-refractivity contribution < 1.29 is 42.2 Å². The summed E-state index contributed by atoms with van der Waals surface area (Å²) in [5, 5.41) is 0. The van der Waals surface area contributed by atoms with Gasteiger partial charge in [0.2, 0.25) is 0 Å². The molecule has 0 saturated carbocycles. The van der Waals surface area contributed by atoms with E-state index in [2.05, 4.69) is 20.8 Å². The molecule has 0 aromatic heterocycles. The molecule has 0 spiro atoms. The Hall–Kier alpha value is 0.444. The van der Waals surface area contributed by atoms with Crippen molar-refractivity contribution in [3.63, 3.8) is 0 Å². The first-order chi connectivity index (χ1) is 6.12. The molecule has 0 bridgehead atoms. The molecular formula is C12H23O2Y+2. The molecule has 0 atom stereocenters. The standard InChI is InChI=1S/C12H23O2.Y/c1-8-9(2)10(13)14-12(6,7)11(3,4)5;/h8H2,1-7H3;/q-1;+3. The Bertz CT molecular complexity index is 204. The molecule has 15 heavy (non-hydrogen) atoms. The smallest absolute Gasteiger partial charge is 0.482 e. The van der Waals surface area contributed by atoms with Gasteiger partial charge < -0.3 is 4.74 Å². The largest absolute Gasteiger partial charge is 3.00 e. The van der Waals surface area contributed by atoms with Crippen molar-refractivity contribution >= 4 is 5.97 Å². The predicted molar refractivity (Wildman–Crippen MR) is 58.8 cm³/mol. The molecule has 0 amide bonds. The van der Waals surface area contributed by atoms with Crippen LogP contribution >= 0.6 is 0 Å². The molecule has 0 aliphatic heterocycles. The number of hydrogen-bond acceptors (Lipinski definition) is 2. The van der Waals surface area contributed by atoms with Crippen LogP contribution in [-0.2, 0) is 42.2 Å². The average Bonchev–Trinajstić information content (AvgIpc) is 2.00. The van der Waals surface area contributed by atoms with Crippen molar-refractivity contribution in [2.75, 3.05) is 0 Å². The fraction of sp³-hybridized carbons (Fsp3) is 0.833. The Balaban J connectivity index is 0. The summed E-state index contributed by atoms with van der Waals surface area (Å²) in [6, 6.07) is 0. The van der Waals surface area contributed by atoms with Gasteiger partial charge >= 0.3 is 32.7 Å². The third kappa shape index (κ3) is 5.35. The van der Waals surface area contributed by atoms with Crippen LogP contribution in [0.4, 0.5) is 0 Å². The van der Waals surface area contributed by atoms with Gasteiger partial charge in [0, 0.05) is 5.41 Å². The minimum Gasteiger partial charge on any atom is -0.482 e. The van der Waals surface area contributed by atoms with E-state index in [0.717, 1.165) is 12.3 Å². The van der Waals surface area contributed by atoms with Crippen LogP contribution < -0.4 is 0 Å². The quantitative estimate of drug-likeness (QED) is 0.588. The maximum atomic E-state index is 11.6. The van der Waals surface area contributed by atoms with E-state index in [1.54, 1.807) is 0 Å². The van der Waals surface area contributed by atoms with Gasteiger partial charge in [0.15, 0.2) is 5.97 Å². The van der Waals surface area contributed by atoms with Crippen LogP contribution in [0.2, 0.25) is 0 Å². The summed E-state index contributed by atoms with van der Waals surface area (Å²) in [5.74, 6) is 0.606. The van der Waals surface area contributed by atoms with Gasteiger partial charge in [0.1, 0.15) is 5.60 Å². The monoisotopic (exact) mass is 288 g/mol. The summed E-state index contributed by atoms with van der Waals surface area (Å²) < 4.78 is 5.48. The number of esters is 1. The van der Waals surface area contributed by atoms with Crippen molar-refractivity contribution in [1.82, 2.24) is 0 Å². The molecule has 0 unspecified atom stereocenters. The van der Waals surface area contributed by atoms with Gasteiger partial charge in [0.05, 0.1) is 0 Å². The molecule has 0 aliphatic carbocycles. The zero-order valence-electron chi connectivity index (χ0n) is 11.1. The Morgan fingerprint density at radius 3 is 1.87 bits per heavy atom. The zero-order chi connectivity index (χ0) is 11.6. The van der Waals surface area contributed by atoms with Crippen LogP contribution in [0, 0.1) is 11.3 Å². The molecule has 3 heteroatoms. The Kier molecular flexibility index (Phi) is 7.42. The van der Waals surface area contributed by atoms with E-state index in [4.69, 9.17) is 4.74 Å². The first kappa shape index (κ1) is 17.8. The number of carbonyl (C=O) groups excluding carboxylic acids is 1. The van der Waals surface area contributed by atoms with Crippen molar-refractivity contribution in [3.05, 3.63) is 5.92 Å². The van der Waals surface area contributed by atoms with Crippen molar-refractivity contribution in [1.29, 1.82) is 0 Å². The molecule has 0 saturated heterocycles. The zero-order valence-corrected chi connectivity index (χ0v) is 13.9. The van der Waals surface area contributed by atoms with E-state index in [0.29, 0.717) is 0 Å². The maximum absolute atomic E-state index is 11.6. The van der Waals surface area contributed by atoms with E-state index in [-0.39, 0.29) is 44.1 Å². The fourth-order valence-electron chi connectivity index (χ4n) is 0.616. The molecule has 0 aliphatic rings. The minimum atomic E-state index is -0.430. The van der Waals surface area contributed by atoms with Gasteiger partial charge in [0.25, 0.3) is 0 Å². The van der Waals surface area contributed by atoms with Crippen molar-refractivity contribution in [2.24, 2.45) is 5.41 Å². The average molecular weight is 288 g/mol. The van der Waals surface area contributed by atoms with Gasteiger partial charge in [-0.05, 0) is 13.8 Å².